The molecular weight excluding hydrogens is 212 g/mol. The molecule has 0 saturated carbocycles. The van der Waals surface area contributed by atoms with Crippen LogP contribution in [-0.2, 0) is 18.0 Å². The Morgan fingerprint density at radius 3 is 1.94 bits per heavy atom. The smallest absolute Gasteiger partial charge is 0.118 e. The van der Waals surface area contributed by atoms with E-state index in [-0.39, 0.29) is 0 Å². The predicted octanol–water partition coefficient (Wildman–Crippen LogP) is 3.41. The van der Waals surface area contributed by atoms with Gasteiger partial charge in [-0.05, 0) is 23.3 Å². The Morgan fingerprint density at radius 2 is 1.35 bits per heavy atom. The molecule has 0 atom stereocenters. The maximum Gasteiger partial charge on any atom is 0.118 e. The van der Waals surface area contributed by atoms with Crippen molar-refractivity contribution in [3.05, 3.63) is 65.7 Å². The van der Waals surface area contributed by atoms with Gasteiger partial charge in [0.2, 0.25) is 0 Å². The lowest BCUT2D eigenvalue weighted by Crippen LogP contribution is -1.94. The maximum atomic E-state index is 5.64. The van der Waals surface area contributed by atoms with E-state index in [4.69, 9.17) is 9.47 Å². The summed E-state index contributed by atoms with van der Waals surface area (Å²) in [5.41, 5.74) is 2.35. The summed E-state index contributed by atoms with van der Waals surface area (Å²) >= 11 is 0. The van der Waals surface area contributed by atoms with Gasteiger partial charge in [-0.1, -0.05) is 42.5 Å². The molecule has 2 nitrogen and oxygen atoms in total. The molecule has 88 valence electrons. The second-order valence-electron chi connectivity index (χ2n) is 3.83. The largest absolute Gasteiger partial charge is 0.497 e. The van der Waals surface area contributed by atoms with Gasteiger partial charge in [0.25, 0.3) is 0 Å². The van der Waals surface area contributed by atoms with Crippen molar-refractivity contribution in [3.63, 3.8) is 0 Å². The average Bonchev–Trinajstić information content (AvgIpc) is 2.41. The lowest BCUT2D eigenvalue weighted by molar-refractivity contribution is 0.107. The highest BCUT2D eigenvalue weighted by atomic mass is 16.5. The van der Waals surface area contributed by atoms with Crippen molar-refractivity contribution in [2.75, 3.05) is 7.11 Å². The van der Waals surface area contributed by atoms with Crippen LogP contribution in [-0.4, -0.2) is 7.11 Å². The number of ether oxygens (including phenoxy) is 2. The first-order chi connectivity index (χ1) is 8.38. The molecule has 0 aliphatic carbocycles. The van der Waals surface area contributed by atoms with E-state index < -0.39 is 0 Å². The van der Waals surface area contributed by atoms with E-state index in [1.54, 1.807) is 7.11 Å². The Labute approximate surface area is 102 Å². The molecule has 0 spiro atoms. The highest BCUT2D eigenvalue weighted by molar-refractivity contribution is 5.26. The molecule has 0 aromatic heterocycles. The van der Waals surface area contributed by atoms with Crippen molar-refractivity contribution in [3.8, 4) is 5.75 Å². The van der Waals surface area contributed by atoms with Crippen LogP contribution in [0.2, 0.25) is 0 Å². The van der Waals surface area contributed by atoms with Crippen LogP contribution in [0.25, 0.3) is 0 Å². The highest BCUT2D eigenvalue weighted by Crippen LogP contribution is 2.12. The number of benzene rings is 2. The van der Waals surface area contributed by atoms with E-state index >= 15 is 0 Å². The van der Waals surface area contributed by atoms with E-state index in [2.05, 4.69) is 12.1 Å². The van der Waals surface area contributed by atoms with Crippen LogP contribution in [0.3, 0.4) is 0 Å². The minimum absolute atomic E-state index is 0.624. The minimum atomic E-state index is 0.624. The number of hydrogen-bond donors (Lipinski definition) is 0. The quantitative estimate of drug-likeness (QED) is 0.780. The molecule has 17 heavy (non-hydrogen) atoms. The standard InChI is InChI=1S/C15H16O2/c1-16-15-9-7-14(8-10-15)12-17-11-13-5-3-2-4-6-13/h2-10H,11-12H2,1H3. The predicted molar refractivity (Wildman–Crippen MR) is 67.9 cm³/mol. The van der Waals surface area contributed by atoms with Gasteiger partial charge in [-0.3, -0.25) is 0 Å². The lowest BCUT2D eigenvalue weighted by atomic mass is 10.2. The summed E-state index contributed by atoms with van der Waals surface area (Å²) in [6, 6.07) is 18.1. The zero-order valence-corrected chi connectivity index (χ0v) is 9.93. The number of rotatable bonds is 5. The van der Waals surface area contributed by atoms with Gasteiger partial charge < -0.3 is 9.47 Å². The Morgan fingerprint density at radius 1 is 0.765 bits per heavy atom. The third-order valence-corrected chi connectivity index (χ3v) is 2.54. The van der Waals surface area contributed by atoms with Crippen molar-refractivity contribution in [2.24, 2.45) is 0 Å². The van der Waals surface area contributed by atoms with Gasteiger partial charge in [0.15, 0.2) is 0 Å². The second kappa shape index (κ2) is 6.06. The molecule has 2 aromatic carbocycles. The van der Waals surface area contributed by atoms with Gasteiger partial charge in [0.1, 0.15) is 5.75 Å². The molecule has 2 rings (SSSR count). The summed E-state index contributed by atoms with van der Waals surface area (Å²) in [6.07, 6.45) is 0. The van der Waals surface area contributed by atoms with Crippen molar-refractivity contribution in [1.29, 1.82) is 0 Å². The second-order valence-corrected chi connectivity index (χ2v) is 3.83. The van der Waals surface area contributed by atoms with Crippen LogP contribution in [0.1, 0.15) is 11.1 Å². The fourth-order valence-electron chi connectivity index (χ4n) is 1.58. The third kappa shape index (κ3) is 3.61. The van der Waals surface area contributed by atoms with Crippen LogP contribution >= 0.6 is 0 Å². The van der Waals surface area contributed by atoms with Crippen LogP contribution < -0.4 is 4.74 Å². The van der Waals surface area contributed by atoms with Gasteiger partial charge in [0, 0.05) is 0 Å². The summed E-state index contributed by atoms with van der Waals surface area (Å²) in [6.45, 7) is 1.27. The Hall–Kier alpha value is -1.80. The summed E-state index contributed by atoms with van der Waals surface area (Å²) in [4.78, 5) is 0. The molecule has 0 aliphatic rings. The first-order valence-corrected chi connectivity index (χ1v) is 5.63. The SMILES string of the molecule is COc1ccc(COCc2ccccc2)cc1. The molecule has 0 fully saturated rings. The Kier molecular flexibility index (Phi) is 4.17. The van der Waals surface area contributed by atoms with Crippen molar-refractivity contribution >= 4 is 0 Å². The minimum Gasteiger partial charge on any atom is -0.497 e. The fraction of sp³-hybridized carbons (Fsp3) is 0.200. The van der Waals surface area contributed by atoms with Crippen LogP contribution in [0.15, 0.2) is 54.6 Å². The number of hydrogen-bond acceptors (Lipinski definition) is 2. The molecule has 0 unspecified atom stereocenters. The first-order valence-electron chi connectivity index (χ1n) is 5.63. The summed E-state index contributed by atoms with van der Waals surface area (Å²) in [5, 5.41) is 0. The van der Waals surface area contributed by atoms with Crippen LogP contribution in [0.4, 0.5) is 0 Å². The van der Waals surface area contributed by atoms with E-state index in [0.29, 0.717) is 13.2 Å². The first kappa shape index (κ1) is 11.7. The van der Waals surface area contributed by atoms with Gasteiger partial charge in [-0.25, -0.2) is 0 Å². The zero-order chi connectivity index (χ0) is 11.9. The Balaban J connectivity index is 1.82. The van der Waals surface area contributed by atoms with Crippen molar-refractivity contribution in [1.82, 2.24) is 0 Å². The monoisotopic (exact) mass is 228 g/mol. The van der Waals surface area contributed by atoms with Crippen LogP contribution in [0, 0.1) is 0 Å². The molecule has 0 radical (unpaired) electrons. The topological polar surface area (TPSA) is 18.5 Å². The van der Waals surface area contributed by atoms with E-state index in [1.165, 1.54) is 5.56 Å². The molecule has 0 bridgehead atoms. The molecule has 0 N–H and O–H groups in total. The molecule has 0 amide bonds. The molecule has 2 aromatic rings. The molecule has 2 heteroatoms. The Bertz CT molecular complexity index is 434. The summed E-state index contributed by atoms with van der Waals surface area (Å²) in [7, 11) is 1.67. The van der Waals surface area contributed by atoms with Gasteiger partial charge in [0.05, 0.1) is 20.3 Å². The van der Waals surface area contributed by atoms with E-state index in [1.807, 2.05) is 42.5 Å². The van der Waals surface area contributed by atoms with Crippen LogP contribution in [0.5, 0.6) is 5.75 Å². The maximum absolute atomic E-state index is 5.64. The fourth-order valence-corrected chi connectivity index (χ4v) is 1.58. The third-order valence-electron chi connectivity index (χ3n) is 2.54. The molecule has 0 saturated heterocycles. The molecule has 0 heterocycles. The zero-order valence-electron chi connectivity index (χ0n) is 9.93. The van der Waals surface area contributed by atoms with Gasteiger partial charge in [-0.15, -0.1) is 0 Å². The van der Waals surface area contributed by atoms with E-state index in [9.17, 15) is 0 Å². The lowest BCUT2D eigenvalue weighted by Gasteiger charge is -2.05. The average molecular weight is 228 g/mol. The highest BCUT2D eigenvalue weighted by Gasteiger charge is 1.95. The van der Waals surface area contributed by atoms with Crippen molar-refractivity contribution < 1.29 is 9.47 Å². The normalized spacial score (nSPS) is 10.2. The van der Waals surface area contributed by atoms with Gasteiger partial charge in [-0.2, -0.15) is 0 Å². The summed E-state index contributed by atoms with van der Waals surface area (Å²) < 4.78 is 10.7. The van der Waals surface area contributed by atoms with Gasteiger partial charge >= 0.3 is 0 Å². The molecular formula is C15H16O2. The summed E-state index contributed by atoms with van der Waals surface area (Å²) in [5.74, 6) is 0.872. The number of methoxy groups -OCH3 is 1. The molecule has 0 aliphatic heterocycles. The van der Waals surface area contributed by atoms with Crippen molar-refractivity contribution in [2.45, 2.75) is 13.2 Å². The van der Waals surface area contributed by atoms with E-state index in [0.717, 1.165) is 11.3 Å².